The average molecular weight is 171 g/mol. The minimum absolute atomic E-state index is 0.148. The van der Waals surface area contributed by atoms with Gasteiger partial charge in [-0.1, -0.05) is 0 Å². The van der Waals surface area contributed by atoms with Gasteiger partial charge in [-0.25, -0.2) is 9.59 Å². The SMILES string of the molecule is COC1CC(=C=O)N(C(=O)O)C1. The molecule has 1 saturated heterocycles. The molecule has 1 rings (SSSR count). The number of rotatable bonds is 1. The topological polar surface area (TPSA) is 66.8 Å². The summed E-state index contributed by atoms with van der Waals surface area (Å²) in [7, 11) is 1.48. The molecule has 0 aromatic rings. The Kier molecular flexibility index (Phi) is 2.47. The first-order chi connectivity index (χ1) is 5.69. The van der Waals surface area contributed by atoms with Crippen molar-refractivity contribution in [1.29, 1.82) is 0 Å². The highest BCUT2D eigenvalue weighted by atomic mass is 16.5. The predicted octanol–water partition coefficient (Wildman–Crippen LogP) is 0.101. The fraction of sp³-hybridized carbons (Fsp3) is 0.571. The van der Waals surface area contributed by atoms with Crippen molar-refractivity contribution in [1.82, 2.24) is 4.90 Å². The number of hydrogen-bond acceptors (Lipinski definition) is 3. The average Bonchev–Trinajstić information content (AvgIpc) is 2.47. The first kappa shape index (κ1) is 8.77. The second-order valence-corrected chi connectivity index (χ2v) is 2.50. The number of carbonyl (C=O) groups is 1. The molecule has 1 fully saturated rings. The van der Waals surface area contributed by atoms with Crippen molar-refractivity contribution < 1.29 is 19.4 Å². The van der Waals surface area contributed by atoms with Crippen molar-refractivity contribution in [3.05, 3.63) is 5.70 Å². The number of carboxylic acid groups (broad SMARTS) is 1. The summed E-state index contributed by atoms with van der Waals surface area (Å²) >= 11 is 0. The number of hydrogen-bond donors (Lipinski definition) is 1. The molecule has 1 atom stereocenters. The van der Waals surface area contributed by atoms with Gasteiger partial charge in [0.2, 0.25) is 0 Å². The van der Waals surface area contributed by atoms with Gasteiger partial charge in [-0.3, -0.25) is 4.90 Å². The molecule has 0 saturated carbocycles. The van der Waals surface area contributed by atoms with Crippen LogP contribution in [0.25, 0.3) is 0 Å². The van der Waals surface area contributed by atoms with Crippen molar-refractivity contribution in [2.75, 3.05) is 13.7 Å². The van der Waals surface area contributed by atoms with Crippen LogP contribution in [0.5, 0.6) is 0 Å². The maximum atomic E-state index is 10.5. The standard InChI is InChI=1S/C7H9NO4/c1-12-6-2-5(4-9)8(3-6)7(10)11/h6H,2-3H2,1H3,(H,10,11). The van der Waals surface area contributed by atoms with Crippen molar-refractivity contribution in [3.8, 4) is 0 Å². The van der Waals surface area contributed by atoms with Crippen molar-refractivity contribution in [2.24, 2.45) is 0 Å². The van der Waals surface area contributed by atoms with Crippen LogP contribution in [0.15, 0.2) is 5.70 Å². The van der Waals surface area contributed by atoms with E-state index in [0.29, 0.717) is 6.42 Å². The summed E-state index contributed by atoms with van der Waals surface area (Å²) in [6, 6.07) is 0. The molecule has 0 radical (unpaired) electrons. The van der Waals surface area contributed by atoms with Crippen LogP contribution in [-0.2, 0) is 9.53 Å². The van der Waals surface area contributed by atoms with E-state index in [-0.39, 0.29) is 18.3 Å². The number of ether oxygens (including phenoxy) is 1. The van der Waals surface area contributed by atoms with Gasteiger partial charge in [-0.2, -0.15) is 0 Å². The minimum Gasteiger partial charge on any atom is -0.465 e. The van der Waals surface area contributed by atoms with Gasteiger partial charge in [0.05, 0.1) is 12.6 Å². The molecule has 1 N–H and O–H groups in total. The molecule has 0 aromatic carbocycles. The molecule has 12 heavy (non-hydrogen) atoms. The first-order valence-corrected chi connectivity index (χ1v) is 3.46. The predicted molar refractivity (Wildman–Crippen MR) is 39.4 cm³/mol. The second-order valence-electron chi connectivity index (χ2n) is 2.50. The molecule has 0 spiro atoms. The molecule has 0 aromatic heterocycles. The summed E-state index contributed by atoms with van der Waals surface area (Å²) < 4.78 is 4.92. The molecule has 5 nitrogen and oxygen atoms in total. The lowest BCUT2D eigenvalue weighted by molar-refractivity contribution is 0.103. The van der Waals surface area contributed by atoms with E-state index in [1.165, 1.54) is 7.11 Å². The van der Waals surface area contributed by atoms with Crippen molar-refractivity contribution >= 4 is 12.0 Å². The van der Waals surface area contributed by atoms with Gasteiger partial charge in [0.1, 0.15) is 11.6 Å². The number of carbonyl (C=O) groups excluding carboxylic acids is 1. The van der Waals surface area contributed by atoms with Gasteiger partial charge >= 0.3 is 6.09 Å². The monoisotopic (exact) mass is 171 g/mol. The molecular weight excluding hydrogens is 162 g/mol. The molecule has 1 unspecified atom stereocenters. The van der Waals surface area contributed by atoms with Crippen LogP contribution in [0.2, 0.25) is 0 Å². The van der Waals surface area contributed by atoms with Crippen LogP contribution < -0.4 is 0 Å². The zero-order valence-electron chi connectivity index (χ0n) is 6.61. The third-order valence-electron chi connectivity index (χ3n) is 1.82. The van der Waals surface area contributed by atoms with Crippen LogP contribution in [0.3, 0.4) is 0 Å². The van der Waals surface area contributed by atoms with Gasteiger partial charge < -0.3 is 9.84 Å². The van der Waals surface area contributed by atoms with E-state index in [1.807, 2.05) is 0 Å². The van der Waals surface area contributed by atoms with Crippen LogP contribution in [0.4, 0.5) is 4.79 Å². The zero-order valence-corrected chi connectivity index (χ0v) is 6.61. The van der Waals surface area contributed by atoms with Gasteiger partial charge in [0.25, 0.3) is 0 Å². The summed E-state index contributed by atoms with van der Waals surface area (Å²) in [6.45, 7) is 0.219. The number of likely N-dealkylation sites (tertiary alicyclic amines) is 1. The fourth-order valence-corrected chi connectivity index (χ4v) is 1.15. The molecule has 1 aliphatic rings. The summed E-state index contributed by atoms with van der Waals surface area (Å²) in [5.41, 5.74) is 0.148. The molecule has 66 valence electrons. The molecule has 0 bridgehead atoms. The number of nitrogens with zero attached hydrogens (tertiary/aromatic N) is 1. The highest BCUT2D eigenvalue weighted by Crippen LogP contribution is 2.20. The third-order valence-corrected chi connectivity index (χ3v) is 1.82. The number of amides is 1. The third kappa shape index (κ3) is 1.47. The molecule has 0 aliphatic carbocycles. The van der Waals surface area contributed by atoms with E-state index in [4.69, 9.17) is 9.84 Å². The van der Waals surface area contributed by atoms with E-state index in [9.17, 15) is 9.59 Å². The first-order valence-electron chi connectivity index (χ1n) is 3.46. The largest absolute Gasteiger partial charge is 0.465 e. The highest BCUT2D eigenvalue weighted by molar-refractivity contribution is 5.72. The van der Waals surface area contributed by atoms with E-state index in [2.05, 4.69) is 0 Å². The Morgan fingerprint density at radius 3 is 2.83 bits per heavy atom. The quantitative estimate of drug-likeness (QED) is 0.568. The smallest absolute Gasteiger partial charge is 0.412 e. The normalized spacial score (nSPS) is 22.6. The summed E-state index contributed by atoms with van der Waals surface area (Å²) in [5, 5.41) is 8.60. The molecule has 1 aliphatic heterocycles. The maximum Gasteiger partial charge on any atom is 0.412 e. The Bertz CT molecular complexity index is 244. The maximum absolute atomic E-state index is 10.5. The summed E-state index contributed by atoms with van der Waals surface area (Å²) in [5.74, 6) is 1.59. The highest BCUT2D eigenvalue weighted by Gasteiger charge is 2.31. The van der Waals surface area contributed by atoms with E-state index >= 15 is 0 Å². The van der Waals surface area contributed by atoms with Crippen LogP contribution in [0.1, 0.15) is 6.42 Å². The molecule has 1 heterocycles. The summed E-state index contributed by atoms with van der Waals surface area (Å²) in [6.07, 6.45) is -1.02. The van der Waals surface area contributed by atoms with Gasteiger partial charge in [-0.05, 0) is 0 Å². The van der Waals surface area contributed by atoms with Crippen molar-refractivity contribution in [2.45, 2.75) is 12.5 Å². The van der Waals surface area contributed by atoms with Gasteiger partial charge in [0, 0.05) is 13.5 Å². The minimum atomic E-state index is -1.13. The van der Waals surface area contributed by atoms with E-state index < -0.39 is 6.09 Å². The lowest BCUT2D eigenvalue weighted by atomic mass is 10.3. The van der Waals surface area contributed by atoms with Crippen LogP contribution in [0, 0.1) is 0 Å². The summed E-state index contributed by atoms with van der Waals surface area (Å²) in [4.78, 5) is 21.7. The van der Waals surface area contributed by atoms with Crippen molar-refractivity contribution in [3.63, 3.8) is 0 Å². The molecule has 1 amide bonds. The lowest BCUT2D eigenvalue weighted by Gasteiger charge is -2.10. The van der Waals surface area contributed by atoms with E-state index in [0.717, 1.165) is 4.90 Å². The Morgan fingerprint density at radius 2 is 2.50 bits per heavy atom. The molecule has 5 heteroatoms. The second kappa shape index (κ2) is 3.38. The lowest BCUT2D eigenvalue weighted by Crippen LogP contribution is -2.27. The molecular formula is C7H9NO4. The van der Waals surface area contributed by atoms with Gasteiger partial charge in [0.15, 0.2) is 0 Å². The van der Waals surface area contributed by atoms with Crippen LogP contribution >= 0.6 is 0 Å². The Labute approximate surface area is 69.2 Å². The van der Waals surface area contributed by atoms with Crippen LogP contribution in [-0.4, -0.2) is 41.8 Å². The Balaban J connectivity index is 2.76. The zero-order chi connectivity index (χ0) is 9.14. The Hall–Kier alpha value is -1.32. The number of methoxy groups -OCH3 is 1. The van der Waals surface area contributed by atoms with E-state index in [1.54, 1.807) is 5.94 Å². The Morgan fingerprint density at radius 1 is 1.83 bits per heavy atom. The van der Waals surface area contributed by atoms with Gasteiger partial charge in [-0.15, -0.1) is 0 Å². The fourth-order valence-electron chi connectivity index (χ4n) is 1.15.